The minimum Gasteiger partial charge on any atom is -0.427 e. The van der Waals surface area contributed by atoms with E-state index in [1.807, 2.05) is 30.3 Å². The highest BCUT2D eigenvalue weighted by Gasteiger charge is 2.13. The van der Waals surface area contributed by atoms with Gasteiger partial charge in [-0.1, -0.05) is 63.1 Å². The number of esters is 1. The number of rotatable bonds is 6. The number of ether oxygens (including phenoxy) is 1. The summed E-state index contributed by atoms with van der Waals surface area (Å²) < 4.78 is 5.27. The zero-order chi connectivity index (χ0) is 13.3. The number of unbranched alkanes of at least 4 members (excludes halogenated alkanes) is 1. The summed E-state index contributed by atoms with van der Waals surface area (Å²) in [6, 6.07) is 9.32. The molecule has 1 aliphatic carbocycles. The van der Waals surface area contributed by atoms with E-state index in [4.69, 9.17) is 4.74 Å². The van der Waals surface area contributed by atoms with E-state index in [2.05, 4.69) is 0 Å². The van der Waals surface area contributed by atoms with Crippen LogP contribution < -0.4 is 4.74 Å². The fraction of sp³-hybridized carbons (Fsp3) is 0.588. The van der Waals surface area contributed by atoms with Gasteiger partial charge in [-0.15, -0.1) is 0 Å². The largest absolute Gasteiger partial charge is 0.427 e. The van der Waals surface area contributed by atoms with Crippen molar-refractivity contribution in [2.75, 3.05) is 0 Å². The van der Waals surface area contributed by atoms with Crippen molar-refractivity contribution >= 4 is 5.97 Å². The third-order valence-electron chi connectivity index (χ3n) is 3.94. The van der Waals surface area contributed by atoms with Crippen LogP contribution in [0.25, 0.3) is 0 Å². The molecule has 0 N–H and O–H groups in total. The van der Waals surface area contributed by atoms with Gasteiger partial charge in [-0.2, -0.15) is 0 Å². The molecule has 0 atom stereocenters. The summed E-state index contributed by atoms with van der Waals surface area (Å²) in [5.41, 5.74) is 0. The zero-order valence-electron chi connectivity index (χ0n) is 11.6. The third kappa shape index (κ3) is 5.46. The maximum Gasteiger partial charge on any atom is 0.311 e. The fourth-order valence-electron chi connectivity index (χ4n) is 2.85. The molecule has 1 aromatic rings. The summed E-state index contributed by atoms with van der Waals surface area (Å²) in [6.45, 7) is 0. The first kappa shape index (κ1) is 14.1. The quantitative estimate of drug-likeness (QED) is 0.420. The number of hydrogen-bond acceptors (Lipinski definition) is 2. The molecule has 0 spiro atoms. The Kier molecular flexibility index (Phi) is 5.93. The lowest BCUT2D eigenvalue weighted by Crippen LogP contribution is -2.09. The molecule has 0 unspecified atom stereocenters. The van der Waals surface area contributed by atoms with Crippen molar-refractivity contribution in [1.82, 2.24) is 0 Å². The van der Waals surface area contributed by atoms with Crippen molar-refractivity contribution < 1.29 is 9.53 Å². The van der Waals surface area contributed by atoms with E-state index in [1.165, 1.54) is 38.5 Å². The summed E-state index contributed by atoms with van der Waals surface area (Å²) in [4.78, 5) is 11.6. The molecule has 0 heterocycles. The molecule has 19 heavy (non-hydrogen) atoms. The Morgan fingerprint density at radius 3 is 2.53 bits per heavy atom. The summed E-state index contributed by atoms with van der Waals surface area (Å²) in [5.74, 6) is 1.47. The Bertz CT molecular complexity index is 366. The molecule has 2 heteroatoms. The van der Waals surface area contributed by atoms with E-state index < -0.39 is 0 Å². The van der Waals surface area contributed by atoms with Gasteiger partial charge in [-0.25, -0.2) is 0 Å². The highest BCUT2D eigenvalue weighted by molar-refractivity contribution is 5.72. The van der Waals surface area contributed by atoms with Crippen LogP contribution in [0.5, 0.6) is 5.75 Å². The monoisotopic (exact) mass is 260 g/mol. The van der Waals surface area contributed by atoms with E-state index in [1.54, 1.807) is 0 Å². The van der Waals surface area contributed by atoms with Gasteiger partial charge in [0.2, 0.25) is 0 Å². The standard InChI is InChI=1S/C17H24O2/c18-17(19-16-12-5-2-6-13-16)14-8-7-11-15-9-3-1-4-10-15/h2,5-6,12-13,15H,1,3-4,7-11,14H2. The lowest BCUT2D eigenvalue weighted by molar-refractivity contribution is -0.134. The van der Waals surface area contributed by atoms with Crippen molar-refractivity contribution in [2.24, 2.45) is 5.92 Å². The zero-order valence-corrected chi connectivity index (χ0v) is 11.6. The van der Waals surface area contributed by atoms with Gasteiger partial charge in [0.25, 0.3) is 0 Å². The van der Waals surface area contributed by atoms with Crippen LogP contribution in [0.2, 0.25) is 0 Å². The van der Waals surface area contributed by atoms with E-state index in [0.29, 0.717) is 12.2 Å². The predicted octanol–water partition coefficient (Wildman–Crippen LogP) is 4.73. The van der Waals surface area contributed by atoms with Crippen LogP contribution in [0.4, 0.5) is 0 Å². The van der Waals surface area contributed by atoms with Crippen LogP contribution >= 0.6 is 0 Å². The lowest BCUT2D eigenvalue weighted by Gasteiger charge is -2.21. The number of para-hydroxylation sites is 1. The molecule has 0 saturated heterocycles. The summed E-state index contributed by atoms with van der Waals surface area (Å²) in [5, 5.41) is 0. The van der Waals surface area contributed by atoms with Crippen molar-refractivity contribution in [3.8, 4) is 5.75 Å². The Labute approximate surface area is 116 Å². The first-order valence-corrected chi connectivity index (χ1v) is 7.60. The molecule has 0 aliphatic heterocycles. The lowest BCUT2D eigenvalue weighted by atomic mass is 9.86. The predicted molar refractivity (Wildman–Crippen MR) is 77.1 cm³/mol. The van der Waals surface area contributed by atoms with E-state index in [0.717, 1.165) is 18.8 Å². The first-order valence-electron chi connectivity index (χ1n) is 7.60. The second-order valence-electron chi connectivity index (χ2n) is 5.54. The molecule has 0 radical (unpaired) electrons. The second kappa shape index (κ2) is 7.98. The number of carbonyl (C=O) groups excluding carboxylic acids is 1. The van der Waals surface area contributed by atoms with Crippen molar-refractivity contribution in [1.29, 1.82) is 0 Å². The average molecular weight is 260 g/mol. The molecule has 0 amide bonds. The van der Waals surface area contributed by atoms with Gasteiger partial charge in [-0.3, -0.25) is 4.79 Å². The van der Waals surface area contributed by atoms with Gasteiger partial charge in [0, 0.05) is 6.42 Å². The minimum absolute atomic E-state index is 0.102. The Morgan fingerprint density at radius 1 is 1.05 bits per heavy atom. The van der Waals surface area contributed by atoms with E-state index in [9.17, 15) is 4.79 Å². The number of hydrogen-bond donors (Lipinski definition) is 0. The first-order chi connectivity index (χ1) is 9.34. The summed E-state index contributed by atoms with van der Waals surface area (Å²) >= 11 is 0. The SMILES string of the molecule is O=C(CCCCC1CCCCC1)Oc1ccccc1. The summed E-state index contributed by atoms with van der Waals surface area (Å²) in [7, 11) is 0. The number of benzene rings is 1. The summed E-state index contributed by atoms with van der Waals surface area (Å²) in [6.07, 6.45) is 11.0. The van der Waals surface area contributed by atoms with Crippen LogP contribution in [-0.2, 0) is 4.79 Å². The maximum atomic E-state index is 11.6. The van der Waals surface area contributed by atoms with Gasteiger partial charge < -0.3 is 4.74 Å². The highest BCUT2D eigenvalue weighted by Crippen LogP contribution is 2.27. The van der Waals surface area contributed by atoms with E-state index in [-0.39, 0.29) is 5.97 Å². The van der Waals surface area contributed by atoms with Crippen LogP contribution in [0, 0.1) is 5.92 Å². The highest BCUT2D eigenvalue weighted by atomic mass is 16.5. The Morgan fingerprint density at radius 2 is 1.79 bits per heavy atom. The smallest absolute Gasteiger partial charge is 0.311 e. The minimum atomic E-state index is -0.102. The molecule has 0 bridgehead atoms. The molecule has 1 saturated carbocycles. The van der Waals surface area contributed by atoms with Crippen LogP contribution in [-0.4, -0.2) is 5.97 Å². The van der Waals surface area contributed by atoms with Crippen LogP contribution in [0.3, 0.4) is 0 Å². The van der Waals surface area contributed by atoms with Gasteiger partial charge >= 0.3 is 5.97 Å². The second-order valence-corrected chi connectivity index (χ2v) is 5.54. The molecule has 1 fully saturated rings. The van der Waals surface area contributed by atoms with Gasteiger partial charge in [0.15, 0.2) is 0 Å². The van der Waals surface area contributed by atoms with Gasteiger partial charge in [0.1, 0.15) is 5.75 Å². The molecule has 2 nitrogen and oxygen atoms in total. The van der Waals surface area contributed by atoms with Crippen molar-refractivity contribution in [3.63, 3.8) is 0 Å². The van der Waals surface area contributed by atoms with Crippen molar-refractivity contribution in [2.45, 2.75) is 57.8 Å². The maximum absolute atomic E-state index is 11.6. The van der Waals surface area contributed by atoms with Crippen molar-refractivity contribution in [3.05, 3.63) is 30.3 Å². The molecule has 104 valence electrons. The Balaban J connectivity index is 1.56. The average Bonchev–Trinajstić information content (AvgIpc) is 2.46. The number of carbonyl (C=O) groups is 1. The third-order valence-corrected chi connectivity index (χ3v) is 3.94. The molecule has 1 aliphatic rings. The van der Waals surface area contributed by atoms with Crippen LogP contribution in [0.1, 0.15) is 57.8 Å². The molecule has 2 rings (SSSR count). The Hall–Kier alpha value is -1.31. The molecule has 0 aromatic heterocycles. The van der Waals surface area contributed by atoms with Gasteiger partial charge in [-0.05, 0) is 24.5 Å². The van der Waals surface area contributed by atoms with E-state index >= 15 is 0 Å². The normalized spacial score (nSPS) is 16.2. The van der Waals surface area contributed by atoms with Gasteiger partial charge in [0.05, 0.1) is 0 Å². The fourth-order valence-corrected chi connectivity index (χ4v) is 2.85. The molecular formula is C17H24O2. The molecule has 1 aromatic carbocycles. The molecular weight excluding hydrogens is 236 g/mol. The topological polar surface area (TPSA) is 26.3 Å². The van der Waals surface area contributed by atoms with Crippen LogP contribution in [0.15, 0.2) is 30.3 Å².